The normalized spacial score (nSPS) is 10.9. The van der Waals surface area contributed by atoms with Crippen molar-refractivity contribution in [3.63, 3.8) is 0 Å². The number of imidazole rings is 1. The third kappa shape index (κ3) is 1.16. The van der Waals surface area contributed by atoms with Crippen molar-refractivity contribution in [2.24, 2.45) is 14.1 Å². The summed E-state index contributed by atoms with van der Waals surface area (Å²) in [6.45, 7) is 0. The van der Waals surface area contributed by atoms with Gasteiger partial charge in [-0.05, 0) is 0 Å². The summed E-state index contributed by atoms with van der Waals surface area (Å²) >= 11 is 0. The molecule has 0 saturated heterocycles. The lowest BCUT2D eigenvalue weighted by molar-refractivity contribution is -0.384. The van der Waals surface area contributed by atoms with Gasteiger partial charge in [0.05, 0.1) is 10.4 Å². The molecule has 2 rings (SSSR count). The molecule has 8 heteroatoms. The first-order chi connectivity index (χ1) is 7.43. The fourth-order valence-corrected chi connectivity index (χ4v) is 1.56. The number of nitrogens with zero attached hydrogens (tertiary/aromatic N) is 4. The number of nitrogen functional groups attached to an aromatic ring is 1. The van der Waals surface area contributed by atoms with Gasteiger partial charge in [0, 0.05) is 20.2 Å². The summed E-state index contributed by atoms with van der Waals surface area (Å²) in [5.74, 6) is -0.196. The van der Waals surface area contributed by atoms with Crippen LogP contribution in [0.25, 0.3) is 11.2 Å². The van der Waals surface area contributed by atoms with Gasteiger partial charge in [-0.15, -0.1) is 0 Å². The van der Waals surface area contributed by atoms with E-state index in [9.17, 15) is 14.9 Å². The van der Waals surface area contributed by atoms with Crippen LogP contribution in [0.15, 0.2) is 10.9 Å². The fourth-order valence-electron chi connectivity index (χ4n) is 1.56. The van der Waals surface area contributed by atoms with Crippen molar-refractivity contribution in [3.05, 3.63) is 26.7 Å². The first-order valence-electron chi connectivity index (χ1n) is 4.39. The molecule has 0 atom stereocenters. The van der Waals surface area contributed by atoms with E-state index in [4.69, 9.17) is 5.73 Å². The summed E-state index contributed by atoms with van der Waals surface area (Å²) in [5.41, 5.74) is 5.55. The Morgan fingerprint density at radius 3 is 2.62 bits per heavy atom. The molecule has 0 fully saturated rings. The molecule has 2 N–H and O–H groups in total. The van der Waals surface area contributed by atoms with Gasteiger partial charge in [0.15, 0.2) is 5.65 Å². The van der Waals surface area contributed by atoms with Crippen molar-refractivity contribution in [1.29, 1.82) is 0 Å². The van der Waals surface area contributed by atoms with Gasteiger partial charge in [0.25, 0.3) is 0 Å². The number of aryl methyl sites for hydroxylation is 2. The van der Waals surface area contributed by atoms with Crippen LogP contribution in [-0.4, -0.2) is 19.0 Å². The zero-order valence-electron chi connectivity index (χ0n) is 8.67. The first-order valence-corrected chi connectivity index (χ1v) is 4.39. The van der Waals surface area contributed by atoms with E-state index in [0.717, 1.165) is 0 Å². The van der Waals surface area contributed by atoms with Gasteiger partial charge in [0.2, 0.25) is 5.82 Å². The lowest BCUT2D eigenvalue weighted by Gasteiger charge is -1.98. The van der Waals surface area contributed by atoms with Crippen molar-refractivity contribution in [1.82, 2.24) is 14.1 Å². The highest BCUT2D eigenvalue weighted by molar-refractivity contribution is 5.78. The molecule has 2 heterocycles. The minimum absolute atomic E-state index is 0.196. The van der Waals surface area contributed by atoms with Crippen LogP contribution in [0, 0.1) is 10.1 Å². The highest BCUT2D eigenvalue weighted by atomic mass is 16.6. The predicted molar refractivity (Wildman–Crippen MR) is 57.0 cm³/mol. The van der Waals surface area contributed by atoms with Crippen molar-refractivity contribution in [2.75, 3.05) is 5.73 Å². The number of rotatable bonds is 1. The molecular weight excluding hydrogens is 214 g/mol. The van der Waals surface area contributed by atoms with E-state index < -0.39 is 4.92 Å². The van der Waals surface area contributed by atoms with Crippen LogP contribution in [-0.2, 0) is 14.1 Å². The van der Waals surface area contributed by atoms with Gasteiger partial charge >= 0.3 is 11.4 Å². The molecule has 2 aromatic rings. The molecule has 0 spiro atoms. The highest BCUT2D eigenvalue weighted by Crippen LogP contribution is 2.23. The molecule has 0 aromatic carbocycles. The van der Waals surface area contributed by atoms with E-state index in [2.05, 4.69) is 4.98 Å². The second-order valence-electron chi connectivity index (χ2n) is 3.39. The molecule has 0 aliphatic heterocycles. The van der Waals surface area contributed by atoms with Crippen LogP contribution in [0.1, 0.15) is 0 Å². The summed E-state index contributed by atoms with van der Waals surface area (Å²) in [5, 5.41) is 10.7. The Kier molecular flexibility index (Phi) is 1.94. The van der Waals surface area contributed by atoms with Crippen molar-refractivity contribution in [3.8, 4) is 0 Å². The molecular formula is C8H9N5O3. The second-order valence-corrected chi connectivity index (χ2v) is 3.39. The number of pyridine rings is 1. The molecule has 0 aliphatic carbocycles. The zero-order valence-corrected chi connectivity index (χ0v) is 8.67. The third-order valence-corrected chi connectivity index (χ3v) is 2.44. The molecule has 0 saturated carbocycles. The maximum Gasteiger partial charge on any atom is 0.329 e. The number of nitrogens with two attached hydrogens (primary N) is 1. The second kappa shape index (κ2) is 3.05. The third-order valence-electron chi connectivity index (χ3n) is 2.44. The Labute approximate surface area is 89.1 Å². The van der Waals surface area contributed by atoms with E-state index in [1.165, 1.54) is 29.3 Å². The Bertz CT molecular complexity index is 654. The van der Waals surface area contributed by atoms with E-state index in [0.29, 0.717) is 11.2 Å². The van der Waals surface area contributed by atoms with Gasteiger partial charge in [-0.1, -0.05) is 0 Å². The van der Waals surface area contributed by atoms with Crippen molar-refractivity contribution in [2.45, 2.75) is 0 Å². The summed E-state index contributed by atoms with van der Waals surface area (Å²) in [4.78, 5) is 25.4. The number of anilines is 1. The maximum atomic E-state index is 11.6. The molecule has 0 radical (unpaired) electrons. The lowest BCUT2D eigenvalue weighted by Crippen LogP contribution is -2.19. The smallest absolute Gasteiger partial charge is 0.329 e. The number of hydrogen-bond donors (Lipinski definition) is 1. The molecule has 2 aromatic heterocycles. The van der Waals surface area contributed by atoms with Crippen LogP contribution < -0.4 is 11.4 Å². The van der Waals surface area contributed by atoms with E-state index in [-0.39, 0.29) is 17.2 Å². The molecule has 0 bridgehead atoms. The zero-order chi connectivity index (χ0) is 12.0. The molecule has 0 unspecified atom stereocenters. The van der Waals surface area contributed by atoms with E-state index >= 15 is 0 Å². The Hall–Kier alpha value is -2.38. The average molecular weight is 223 g/mol. The quantitative estimate of drug-likeness (QED) is 0.530. The molecule has 84 valence electrons. The minimum atomic E-state index is -0.626. The summed E-state index contributed by atoms with van der Waals surface area (Å²) in [6, 6.07) is 1.25. The Morgan fingerprint density at radius 2 is 2.06 bits per heavy atom. The van der Waals surface area contributed by atoms with E-state index in [1.807, 2.05) is 0 Å². The van der Waals surface area contributed by atoms with E-state index in [1.54, 1.807) is 0 Å². The van der Waals surface area contributed by atoms with Gasteiger partial charge in [0.1, 0.15) is 0 Å². The number of hydrogen-bond acceptors (Lipinski definition) is 5. The predicted octanol–water partition coefficient (Wildman–Crippen LogP) is -0.238. The standard InChI is InChI=1S/C8H9N5O3/c1-11-5-3-4(13(15)16)6(9)10-7(5)12(2)8(11)14/h3H,1-2H3,(H2,9,10). The average Bonchev–Trinajstić information content (AvgIpc) is 2.43. The largest absolute Gasteiger partial charge is 0.378 e. The first kappa shape index (κ1) is 10.1. The van der Waals surface area contributed by atoms with Crippen LogP contribution in [0.2, 0.25) is 0 Å². The van der Waals surface area contributed by atoms with Crippen LogP contribution >= 0.6 is 0 Å². The SMILES string of the molecule is Cn1c(=O)n(C)c2nc(N)c([N+](=O)[O-])cc21. The number of nitro groups is 1. The lowest BCUT2D eigenvalue weighted by atomic mass is 10.3. The summed E-state index contributed by atoms with van der Waals surface area (Å²) < 4.78 is 2.57. The van der Waals surface area contributed by atoms with Gasteiger partial charge < -0.3 is 5.73 Å². The topological polar surface area (TPSA) is 109 Å². The van der Waals surface area contributed by atoms with Gasteiger partial charge in [-0.3, -0.25) is 19.2 Å². The molecule has 8 nitrogen and oxygen atoms in total. The van der Waals surface area contributed by atoms with Gasteiger partial charge in [-0.25, -0.2) is 9.78 Å². The summed E-state index contributed by atoms with van der Waals surface area (Å²) in [6.07, 6.45) is 0. The molecule has 0 amide bonds. The minimum Gasteiger partial charge on any atom is -0.378 e. The monoisotopic (exact) mass is 223 g/mol. The molecule has 0 aliphatic rings. The summed E-state index contributed by atoms with van der Waals surface area (Å²) in [7, 11) is 3.05. The molecule has 16 heavy (non-hydrogen) atoms. The number of fused-ring (bicyclic) bond motifs is 1. The van der Waals surface area contributed by atoms with Crippen LogP contribution in [0.4, 0.5) is 11.5 Å². The van der Waals surface area contributed by atoms with Crippen LogP contribution in [0.3, 0.4) is 0 Å². The highest BCUT2D eigenvalue weighted by Gasteiger charge is 2.18. The van der Waals surface area contributed by atoms with Crippen molar-refractivity contribution >= 4 is 22.7 Å². The maximum absolute atomic E-state index is 11.6. The van der Waals surface area contributed by atoms with Gasteiger partial charge in [-0.2, -0.15) is 0 Å². The van der Waals surface area contributed by atoms with Crippen molar-refractivity contribution < 1.29 is 4.92 Å². The fraction of sp³-hybridized carbons (Fsp3) is 0.250. The Morgan fingerprint density at radius 1 is 1.44 bits per heavy atom. The number of aromatic nitrogens is 3. The Balaban J connectivity index is 2.96. The van der Waals surface area contributed by atoms with Crippen LogP contribution in [0.5, 0.6) is 0 Å².